The van der Waals surface area contributed by atoms with Gasteiger partial charge in [-0.15, -0.1) is 10.2 Å². The first-order valence-corrected chi connectivity index (χ1v) is 7.74. The Balaban J connectivity index is 1.56. The molecule has 0 aliphatic carbocycles. The van der Waals surface area contributed by atoms with Crippen LogP contribution in [0.3, 0.4) is 0 Å². The lowest BCUT2D eigenvalue weighted by atomic mass is 10.1. The Labute approximate surface area is 141 Å². The Kier molecular flexibility index (Phi) is 4.98. The van der Waals surface area contributed by atoms with E-state index >= 15 is 0 Å². The van der Waals surface area contributed by atoms with E-state index in [4.69, 9.17) is 0 Å². The number of carbonyl (C=O) groups is 1. The van der Waals surface area contributed by atoms with Crippen LogP contribution < -0.4 is 5.32 Å². The van der Waals surface area contributed by atoms with Crippen LogP contribution in [0.4, 0.5) is 13.2 Å². The van der Waals surface area contributed by atoms with E-state index < -0.39 is 12.1 Å². The standard InChI is InChI=1S/C15H16F3N5O2/c16-15(17,18)14-22-21-12(25-14)9-23-6-2-4-11(8-23)20-13(24)10-3-1-5-19-7-10/h1,3,5,7,11H,2,4,6,8-9H2,(H,20,24). The summed E-state index contributed by atoms with van der Waals surface area (Å²) < 4.78 is 42.1. The maximum Gasteiger partial charge on any atom is 0.470 e. The minimum absolute atomic E-state index is 0.0911. The van der Waals surface area contributed by atoms with E-state index in [0.29, 0.717) is 18.7 Å². The summed E-state index contributed by atoms with van der Waals surface area (Å²) >= 11 is 0. The maximum atomic E-state index is 12.5. The average molecular weight is 355 g/mol. The molecule has 1 N–H and O–H groups in total. The van der Waals surface area contributed by atoms with E-state index in [0.717, 1.165) is 12.8 Å². The van der Waals surface area contributed by atoms with Gasteiger partial charge in [-0.2, -0.15) is 13.2 Å². The van der Waals surface area contributed by atoms with Crippen molar-refractivity contribution in [2.45, 2.75) is 31.6 Å². The topological polar surface area (TPSA) is 84.2 Å². The molecule has 0 aromatic carbocycles. The van der Waals surface area contributed by atoms with Crippen molar-refractivity contribution in [3.8, 4) is 0 Å². The van der Waals surface area contributed by atoms with Gasteiger partial charge in [-0.25, -0.2) is 0 Å². The number of rotatable bonds is 4. The van der Waals surface area contributed by atoms with Crippen molar-refractivity contribution in [2.75, 3.05) is 13.1 Å². The summed E-state index contributed by atoms with van der Waals surface area (Å²) in [5.41, 5.74) is 0.464. The first-order valence-electron chi connectivity index (χ1n) is 7.74. The summed E-state index contributed by atoms with van der Waals surface area (Å²) in [6.45, 7) is 1.29. The van der Waals surface area contributed by atoms with Gasteiger partial charge in [-0.05, 0) is 31.5 Å². The highest BCUT2D eigenvalue weighted by atomic mass is 19.4. The monoisotopic (exact) mass is 355 g/mol. The molecule has 1 unspecified atom stereocenters. The number of nitrogens with zero attached hydrogens (tertiary/aromatic N) is 4. The van der Waals surface area contributed by atoms with Crippen LogP contribution in [0.25, 0.3) is 0 Å². The van der Waals surface area contributed by atoms with Gasteiger partial charge in [0.2, 0.25) is 5.89 Å². The third-order valence-corrected chi connectivity index (χ3v) is 3.83. The highest BCUT2D eigenvalue weighted by Crippen LogP contribution is 2.28. The molecule has 1 aliphatic rings. The zero-order valence-electron chi connectivity index (χ0n) is 13.2. The molecule has 0 bridgehead atoms. The van der Waals surface area contributed by atoms with Crippen LogP contribution in [-0.2, 0) is 12.7 Å². The van der Waals surface area contributed by atoms with Gasteiger partial charge in [0.25, 0.3) is 5.91 Å². The molecule has 0 spiro atoms. The Morgan fingerprint density at radius 1 is 1.40 bits per heavy atom. The predicted octanol–water partition coefficient (Wildman–Crippen LogP) is 1.88. The summed E-state index contributed by atoms with van der Waals surface area (Å²) in [6.07, 6.45) is 0.0114. The SMILES string of the molecule is O=C(NC1CCCN(Cc2nnc(C(F)(F)F)o2)C1)c1cccnc1. The summed E-state index contributed by atoms with van der Waals surface area (Å²) in [5.74, 6) is -1.66. The molecular formula is C15H16F3N5O2. The number of hydrogen-bond acceptors (Lipinski definition) is 6. The number of carbonyl (C=O) groups excluding carboxylic acids is 1. The van der Waals surface area contributed by atoms with Crippen LogP contribution in [0, 0.1) is 0 Å². The first kappa shape index (κ1) is 17.3. The minimum atomic E-state index is -4.65. The molecule has 1 atom stereocenters. The van der Waals surface area contributed by atoms with Crippen LogP contribution in [0.15, 0.2) is 28.9 Å². The maximum absolute atomic E-state index is 12.5. The number of piperidine rings is 1. The molecule has 3 rings (SSSR count). The summed E-state index contributed by atoms with van der Waals surface area (Å²) in [4.78, 5) is 17.9. The molecule has 1 fully saturated rings. The number of alkyl halides is 3. The predicted molar refractivity (Wildman–Crippen MR) is 79.3 cm³/mol. The molecular weight excluding hydrogens is 339 g/mol. The zero-order valence-corrected chi connectivity index (χ0v) is 13.2. The van der Waals surface area contributed by atoms with Crippen molar-refractivity contribution in [3.63, 3.8) is 0 Å². The van der Waals surface area contributed by atoms with E-state index in [1.54, 1.807) is 18.3 Å². The van der Waals surface area contributed by atoms with Crippen LogP contribution in [0.5, 0.6) is 0 Å². The third kappa shape index (κ3) is 4.53. The molecule has 1 amide bonds. The smallest absolute Gasteiger partial charge is 0.416 e. The molecule has 0 radical (unpaired) electrons. The normalized spacial score (nSPS) is 18.9. The van der Waals surface area contributed by atoms with Gasteiger partial charge < -0.3 is 9.73 Å². The van der Waals surface area contributed by atoms with Crippen LogP contribution in [0.2, 0.25) is 0 Å². The fourth-order valence-electron chi connectivity index (χ4n) is 2.71. The second kappa shape index (κ2) is 7.18. The fraction of sp³-hybridized carbons (Fsp3) is 0.467. The second-order valence-corrected chi connectivity index (χ2v) is 5.79. The Morgan fingerprint density at radius 3 is 2.92 bits per heavy atom. The van der Waals surface area contributed by atoms with Crippen LogP contribution >= 0.6 is 0 Å². The zero-order chi connectivity index (χ0) is 17.9. The van der Waals surface area contributed by atoms with Crippen molar-refractivity contribution in [1.29, 1.82) is 0 Å². The van der Waals surface area contributed by atoms with E-state index in [2.05, 4.69) is 24.9 Å². The molecule has 1 aliphatic heterocycles. The Hall–Kier alpha value is -2.49. The number of likely N-dealkylation sites (tertiary alicyclic amines) is 1. The number of pyridine rings is 1. The number of aromatic nitrogens is 3. The molecule has 0 saturated carbocycles. The van der Waals surface area contributed by atoms with Gasteiger partial charge in [0.1, 0.15) is 0 Å². The van der Waals surface area contributed by atoms with Crippen molar-refractivity contribution in [2.24, 2.45) is 0 Å². The first-order chi connectivity index (χ1) is 11.9. The highest BCUT2D eigenvalue weighted by molar-refractivity contribution is 5.94. The van der Waals surface area contributed by atoms with Crippen molar-refractivity contribution in [3.05, 3.63) is 41.9 Å². The third-order valence-electron chi connectivity index (χ3n) is 3.83. The van der Waals surface area contributed by atoms with Gasteiger partial charge in [-0.1, -0.05) is 0 Å². The van der Waals surface area contributed by atoms with Crippen LogP contribution in [-0.4, -0.2) is 45.1 Å². The summed E-state index contributed by atoms with van der Waals surface area (Å²) in [5, 5.41) is 9.36. The minimum Gasteiger partial charge on any atom is -0.416 e. The Bertz CT molecular complexity index is 719. The number of amides is 1. The largest absolute Gasteiger partial charge is 0.470 e. The van der Waals surface area contributed by atoms with E-state index in [9.17, 15) is 18.0 Å². The van der Waals surface area contributed by atoms with E-state index in [-0.39, 0.29) is 24.4 Å². The van der Waals surface area contributed by atoms with Gasteiger partial charge in [-0.3, -0.25) is 14.7 Å². The van der Waals surface area contributed by atoms with Crippen molar-refractivity contribution < 1.29 is 22.4 Å². The van der Waals surface area contributed by atoms with E-state index in [1.165, 1.54) is 6.20 Å². The van der Waals surface area contributed by atoms with E-state index in [1.807, 2.05) is 4.90 Å². The average Bonchev–Trinajstić information content (AvgIpc) is 3.05. The van der Waals surface area contributed by atoms with Crippen molar-refractivity contribution in [1.82, 2.24) is 25.4 Å². The molecule has 3 heterocycles. The molecule has 25 heavy (non-hydrogen) atoms. The molecule has 7 nitrogen and oxygen atoms in total. The molecule has 134 valence electrons. The highest BCUT2D eigenvalue weighted by Gasteiger charge is 2.38. The lowest BCUT2D eigenvalue weighted by molar-refractivity contribution is -0.157. The lowest BCUT2D eigenvalue weighted by Crippen LogP contribution is -2.47. The van der Waals surface area contributed by atoms with Gasteiger partial charge >= 0.3 is 12.1 Å². The van der Waals surface area contributed by atoms with Gasteiger partial charge in [0, 0.05) is 25.0 Å². The molecule has 10 heteroatoms. The quantitative estimate of drug-likeness (QED) is 0.902. The number of nitrogens with one attached hydrogen (secondary N) is 1. The van der Waals surface area contributed by atoms with Crippen molar-refractivity contribution >= 4 is 5.91 Å². The number of halogens is 3. The fourth-order valence-corrected chi connectivity index (χ4v) is 2.71. The van der Waals surface area contributed by atoms with Gasteiger partial charge in [0.05, 0.1) is 12.1 Å². The second-order valence-electron chi connectivity index (χ2n) is 5.79. The van der Waals surface area contributed by atoms with Gasteiger partial charge in [0.15, 0.2) is 0 Å². The van der Waals surface area contributed by atoms with Crippen LogP contribution in [0.1, 0.15) is 35.0 Å². The molecule has 2 aromatic rings. The molecule has 1 saturated heterocycles. The Morgan fingerprint density at radius 2 is 2.24 bits per heavy atom. The molecule has 2 aromatic heterocycles. The summed E-state index contributed by atoms with van der Waals surface area (Å²) in [7, 11) is 0. The lowest BCUT2D eigenvalue weighted by Gasteiger charge is -2.32. The number of hydrogen-bond donors (Lipinski definition) is 1. The summed E-state index contributed by atoms with van der Waals surface area (Å²) in [6, 6.07) is 3.24.